The fraction of sp³-hybridized carbons (Fsp3) is 0.548. The maximum atomic E-state index is 13.1. The van der Waals surface area contributed by atoms with E-state index < -0.39 is 42.4 Å². The predicted molar refractivity (Wildman–Crippen MR) is 246 cm³/mol. The van der Waals surface area contributed by atoms with Crippen LogP contribution in [0.1, 0.15) is 60.5 Å². The van der Waals surface area contributed by atoms with E-state index in [1.54, 1.807) is 60.9 Å². The number of hydrogen-bond acceptors (Lipinski definition) is 17. The Bertz CT molecular complexity index is 2140. The van der Waals surface area contributed by atoms with Crippen LogP contribution < -0.4 is 38.3 Å². The molecular formula is C42H59N9O13S2. The molecule has 3 aromatic rings. The van der Waals surface area contributed by atoms with Crippen molar-refractivity contribution >= 4 is 82.5 Å². The number of thioether (sulfide) groups is 2. The van der Waals surface area contributed by atoms with Crippen LogP contribution in [0.3, 0.4) is 0 Å². The zero-order valence-corrected chi connectivity index (χ0v) is 38.3. The van der Waals surface area contributed by atoms with E-state index in [0.717, 1.165) is 24.0 Å². The number of fused-ring (bicyclic) bond motifs is 1. The van der Waals surface area contributed by atoms with Crippen LogP contribution in [0, 0.1) is 0 Å². The summed E-state index contributed by atoms with van der Waals surface area (Å²) in [5, 5.41) is 20.9. The fourth-order valence-corrected chi connectivity index (χ4v) is 9.47. The molecule has 1 fully saturated rings. The summed E-state index contributed by atoms with van der Waals surface area (Å²) in [6, 6.07) is 3.87. The van der Waals surface area contributed by atoms with Crippen molar-refractivity contribution in [2.75, 3.05) is 70.0 Å². The monoisotopic (exact) mass is 961 g/mol. The van der Waals surface area contributed by atoms with Gasteiger partial charge in [-0.05, 0) is 55.4 Å². The second kappa shape index (κ2) is 28.4. The van der Waals surface area contributed by atoms with Crippen molar-refractivity contribution in [3.05, 3.63) is 57.5 Å². The number of nitrogens with two attached hydrogens (primary N) is 2. The van der Waals surface area contributed by atoms with Gasteiger partial charge < -0.3 is 61.8 Å². The summed E-state index contributed by atoms with van der Waals surface area (Å²) < 4.78 is 20.6. The average molecular weight is 962 g/mol. The van der Waals surface area contributed by atoms with Gasteiger partial charge in [-0.25, -0.2) is 4.79 Å². The van der Waals surface area contributed by atoms with Crippen LogP contribution in [0.15, 0.2) is 35.3 Å². The van der Waals surface area contributed by atoms with Gasteiger partial charge in [0.1, 0.15) is 30.9 Å². The molecule has 0 radical (unpaired) electrons. The molecule has 22 nitrogen and oxygen atoms in total. The molecule has 0 aliphatic heterocycles. The molecule has 24 heteroatoms. The summed E-state index contributed by atoms with van der Waals surface area (Å²) in [6.07, 6.45) is 4.19. The lowest BCUT2D eigenvalue weighted by molar-refractivity contribution is -0.148. The van der Waals surface area contributed by atoms with Crippen LogP contribution in [0.4, 0.5) is 5.95 Å². The number of amides is 4. The minimum absolute atomic E-state index is 0.0106. The first-order valence-corrected chi connectivity index (χ1v) is 23.6. The number of aryl methyl sites for hydroxylation is 2. The Kier molecular flexibility index (Phi) is 22.8. The molecule has 1 aliphatic rings. The topological polar surface area (TPSA) is 338 Å². The molecule has 1 aromatic carbocycles. The van der Waals surface area contributed by atoms with Gasteiger partial charge in [-0.2, -0.15) is 28.5 Å². The number of aromatic nitrogens is 3. The van der Waals surface area contributed by atoms with E-state index in [1.165, 1.54) is 0 Å². The van der Waals surface area contributed by atoms with E-state index in [0.29, 0.717) is 41.9 Å². The Morgan fingerprint density at radius 1 is 0.894 bits per heavy atom. The maximum absolute atomic E-state index is 13.1. The van der Waals surface area contributed by atoms with Crippen LogP contribution in [0.25, 0.3) is 11.0 Å². The van der Waals surface area contributed by atoms with Crippen molar-refractivity contribution in [1.29, 1.82) is 0 Å². The number of nitrogens with one attached hydrogen (secondary N) is 6. The van der Waals surface area contributed by atoms with Gasteiger partial charge in [0.15, 0.2) is 0 Å². The number of anilines is 1. The van der Waals surface area contributed by atoms with Gasteiger partial charge >= 0.3 is 11.9 Å². The molecule has 4 unspecified atom stereocenters. The third kappa shape index (κ3) is 17.9. The molecule has 0 spiro atoms. The number of nitrogens with zero attached hydrogens (tertiary/aromatic N) is 1. The van der Waals surface area contributed by atoms with Crippen LogP contribution in [-0.2, 0) is 60.6 Å². The quantitative estimate of drug-likeness (QED) is 0.0222. The molecule has 2 aromatic heterocycles. The van der Waals surface area contributed by atoms with Gasteiger partial charge in [-0.15, -0.1) is 0 Å². The van der Waals surface area contributed by atoms with Gasteiger partial charge in [0.05, 0.1) is 37.9 Å². The zero-order valence-electron chi connectivity index (χ0n) is 36.6. The molecule has 0 bridgehead atoms. The molecule has 1 aliphatic carbocycles. The number of carbonyl (C=O) groups excluding carboxylic acids is 6. The highest BCUT2D eigenvalue weighted by Crippen LogP contribution is 2.40. The first-order chi connectivity index (χ1) is 31.8. The summed E-state index contributed by atoms with van der Waals surface area (Å²) in [6.45, 7) is 2.82. The Labute approximate surface area is 388 Å². The normalized spacial score (nSPS) is 15.7. The van der Waals surface area contributed by atoms with Crippen LogP contribution in [0.2, 0.25) is 0 Å². The third-order valence-electron chi connectivity index (χ3n) is 10.2. The standard InChI is InChI=1S/C42H59N9O13S2/c1-2-33(53)48-30(23-66-32-11-10-31(32)65-22-28(43)38(57)45-13-15-61-17-18-63-24-52)39(58)46-14-16-62-19-20-64-41(60)29(9-12-34(54)55)49-37(56)26-6-3-25(4-7-26)5-8-27-21-47-36-35(27)40(59)51-42(44)50-36/h3-4,6-7,21,24,28-32H,2,5,8-20,22-23,43H2,1H3,(H,45,57)(H,46,58)(H,48,53)(H,49,56)(H,54,55)(H4,44,47,50,51,59)/t28?,29-,30?,31?,32?/m1/s1. The van der Waals surface area contributed by atoms with E-state index in [-0.39, 0.29) is 111 Å². The van der Waals surface area contributed by atoms with Crippen molar-refractivity contribution in [1.82, 2.24) is 36.2 Å². The summed E-state index contributed by atoms with van der Waals surface area (Å²) >= 11 is 3.17. The first kappa shape index (κ1) is 52.9. The van der Waals surface area contributed by atoms with Crippen LogP contribution >= 0.6 is 23.5 Å². The molecule has 66 heavy (non-hydrogen) atoms. The highest BCUT2D eigenvalue weighted by atomic mass is 32.2. The summed E-state index contributed by atoms with van der Waals surface area (Å²) in [7, 11) is 0. The molecule has 11 N–H and O–H groups in total. The number of rotatable bonds is 32. The van der Waals surface area contributed by atoms with Crippen molar-refractivity contribution in [3.63, 3.8) is 0 Å². The first-order valence-electron chi connectivity index (χ1n) is 21.5. The molecule has 1 saturated carbocycles. The number of esters is 1. The maximum Gasteiger partial charge on any atom is 0.328 e. The van der Waals surface area contributed by atoms with E-state index in [2.05, 4.69) is 41.0 Å². The summed E-state index contributed by atoms with van der Waals surface area (Å²) in [5.41, 5.74) is 13.6. The van der Waals surface area contributed by atoms with Gasteiger partial charge in [0.25, 0.3) is 17.9 Å². The van der Waals surface area contributed by atoms with E-state index in [9.17, 15) is 43.5 Å². The number of aromatic amines is 2. The second-order valence-corrected chi connectivity index (χ2v) is 17.5. The van der Waals surface area contributed by atoms with Gasteiger partial charge in [-0.1, -0.05) is 19.1 Å². The SMILES string of the molecule is CCC(=O)NC(CSC1CCC1SCC(N)C(=O)NCCOCCOC=O)C(=O)NCCOCCOC(=O)[C@@H](CCC(=O)O)NC(=O)c1ccc(CCc2c[nH]c3nc(N)[nH]c(=O)c23)cc1. The lowest BCUT2D eigenvalue weighted by Crippen LogP contribution is -2.49. The Hall–Kier alpha value is -5.69. The van der Waals surface area contributed by atoms with Gasteiger partial charge in [0.2, 0.25) is 23.7 Å². The number of nitrogen functional groups attached to an aromatic ring is 1. The third-order valence-corrected chi connectivity index (χ3v) is 13.4. The molecule has 4 amide bonds. The van der Waals surface area contributed by atoms with Gasteiger partial charge in [0, 0.05) is 59.7 Å². The Balaban J connectivity index is 1.13. The molecule has 2 heterocycles. The molecule has 0 saturated heterocycles. The minimum atomic E-state index is -1.25. The highest BCUT2D eigenvalue weighted by Gasteiger charge is 2.34. The zero-order chi connectivity index (χ0) is 47.8. The minimum Gasteiger partial charge on any atom is -0.481 e. The Morgan fingerprint density at radius 2 is 1.56 bits per heavy atom. The number of carboxylic acids is 1. The number of carboxylic acid groups (broad SMARTS) is 1. The Morgan fingerprint density at radius 3 is 2.21 bits per heavy atom. The number of aliphatic carboxylic acids is 1. The predicted octanol–water partition coefficient (Wildman–Crippen LogP) is -0.217. The van der Waals surface area contributed by atoms with E-state index >= 15 is 0 Å². The number of benzene rings is 1. The number of hydrogen-bond donors (Lipinski definition) is 9. The molecule has 362 valence electrons. The molecule has 5 atom stereocenters. The number of ether oxygens (including phenoxy) is 4. The fourth-order valence-electron chi connectivity index (χ4n) is 6.41. The van der Waals surface area contributed by atoms with Crippen LogP contribution in [0.5, 0.6) is 0 Å². The number of carbonyl (C=O) groups is 7. The van der Waals surface area contributed by atoms with Gasteiger partial charge in [-0.3, -0.25) is 38.5 Å². The van der Waals surface area contributed by atoms with E-state index in [4.69, 9.17) is 25.7 Å². The molecular weight excluding hydrogens is 903 g/mol. The highest BCUT2D eigenvalue weighted by molar-refractivity contribution is 8.04. The summed E-state index contributed by atoms with van der Waals surface area (Å²) in [4.78, 5) is 107. The molecule has 4 rings (SSSR count). The number of H-pyrrole nitrogens is 2. The summed E-state index contributed by atoms with van der Waals surface area (Å²) in [5.74, 6) is -2.82. The largest absolute Gasteiger partial charge is 0.481 e. The van der Waals surface area contributed by atoms with Crippen molar-refractivity contribution in [2.24, 2.45) is 5.73 Å². The smallest absolute Gasteiger partial charge is 0.328 e. The lowest BCUT2D eigenvalue weighted by Gasteiger charge is -2.36. The van der Waals surface area contributed by atoms with Crippen molar-refractivity contribution in [2.45, 2.75) is 80.5 Å². The van der Waals surface area contributed by atoms with Crippen LogP contribution in [-0.4, -0.2) is 155 Å². The van der Waals surface area contributed by atoms with Crippen molar-refractivity contribution in [3.8, 4) is 0 Å². The average Bonchev–Trinajstić information content (AvgIpc) is 3.70. The second-order valence-electron chi connectivity index (χ2n) is 15.0. The van der Waals surface area contributed by atoms with Crippen molar-refractivity contribution < 1.29 is 57.6 Å². The lowest BCUT2D eigenvalue weighted by atomic mass is 9.99. The van der Waals surface area contributed by atoms with E-state index in [1.807, 2.05) is 0 Å².